The van der Waals surface area contributed by atoms with Gasteiger partial charge in [-0.3, -0.25) is 4.79 Å². The molecule has 1 aromatic rings. The van der Waals surface area contributed by atoms with Crippen molar-refractivity contribution in [2.75, 3.05) is 18.9 Å². The van der Waals surface area contributed by atoms with Crippen LogP contribution in [0.2, 0.25) is 0 Å². The van der Waals surface area contributed by atoms with Crippen LogP contribution < -0.4 is 16.4 Å². The van der Waals surface area contributed by atoms with Gasteiger partial charge in [0.15, 0.2) is 0 Å². The molecule has 86 valence electrons. The molecule has 5 nitrogen and oxygen atoms in total. The van der Waals surface area contributed by atoms with Gasteiger partial charge in [-0.25, -0.2) is 4.98 Å². The van der Waals surface area contributed by atoms with E-state index in [4.69, 9.17) is 18.0 Å². The molecule has 0 aliphatic rings. The first kappa shape index (κ1) is 12.4. The number of carbonyl (C=O) groups excluding carboxylic acids is 1. The lowest BCUT2D eigenvalue weighted by Crippen LogP contribution is -2.26. The van der Waals surface area contributed by atoms with Gasteiger partial charge in [-0.15, -0.1) is 0 Å². The van der Waals surface area contributed by atoms with Gasteiger partial charge in [0.05, 0.1) is 6.54 Å². The number of hydrogen-bond acceptors (Lipinski definition) is 4. The molecule has 1 aromatic heterocycles. The van der Waals surface area contributed by atoms with Crippen LogP contribution in [0.25, 0.3) is 0 Å². The van der Waals surface area contributed by atoms with E-state index in [0.29, 0.717) is 10.8 Å². The number of nitrogens with zero attached hydrogens (tertiary/aromatic N) is 1. The summed E-state index contributed by atoms with van der Waals surface area (Å²) in [5.74, 6) is 0.478. The zero-order valence-corrected chi connectivity index (χ0v) is 10.0. The summed E-state index contributed by atoms with van der Waals surface area (Å²) in [5.41, 5.74) is 7.06. The molecule has 0 fully saturated rings. The Labute approximate surface area is 99.4 Å². The molecule has 6 heteroatoms. The smallest absolute Gasteiger partial charge is 0.239 e. The second-order valence-corrected chi connectivity index (χ2v) is 3.71. The first-order valence-electron chi connectivity index (χ1n) is 4.76. The van der Waals surface area contributed by atoms with E-state index >= 15 is 0 Å². The highest BCUT2D eigenvalue weighted by molar-refractivity contribution is 7.80. The number of likely N-dealkylation sites (N-methyl/N-ethyl adjacent to an activating group) is 1. The molecule has 0 spiro atoms. The molecule has 1 rings (SSSR count). The quantitative estimate of drug-likeness (QED) is 0.652. The predicted molar refractivity (Wildman–Crippen MR) is 67.4 cm³/mol. The monoisotopic (exact) mass is 238 g/mol. The third-order valence-corrected chi connectivity index (χ3v) is 2.18. The highest BCUT2D eigenvalue weighted by Crippen LogP contribution is 2.09. The number of pyridine rings is 1. The van der Waals surface area contributed by atoms with Gasteiger partial charge in [0.2, 0.25) is 5.91 Å². The van der Waals surface area contributed by atoms with Gasteiger partial charge >= 0.3 is 0 Å². The molecular weight excluding hydrogens is 224 g/mol. The van der Waals surface area contributed by atoms with Crippen molar-refractivity contribution in [1.29, 1.82) is 0 Å². The highest BCUT2D eigenvalue weighted by atomic mass is 32.1. The molecule has 0 radical (unpaired) electrons. The van der Waals surface area contributed by atoms with Crippen molar-refractivity contribution in [3.8, 4) is 0 Å². The van der Waals surface area contributed by atoms with Crippen LogP contribution in [0.5, 0.6) is 0 Å². The molecule has 0 aromatic carbocycles. The maximum absolute atomic E-state index is 11.0. The lowest BCUT2D eigenvalue weighted by molar-refractivity contribution is -0.118. The normalized spacial score (nSPS) is 9.62. The van der Waals surface area contributed by atoms with Crippen LogP contribution in [0, 0.1) is 6.92 Å². The minimum absolute atomic E-state index is 0.111. The number of anilines is 1. The molecule has 16 heavy (non-hydrogen) atoms. The number of aromatic nitrogens is 1. The van der Waals surface area contributed by atoms with Crippen molar-refractivity contribution in [2.24, 2.45) is 5.73 Å². The van der Waals surface area contributed by atoms with Crippen LogP contribution in [0.4, 0.5) is 5.82 Å². The third-order valence-electron chi connectivity index (χ3n) is 1.95. The number of aryl methyl sites for hydroxylation is 1. The van der Waals surface area contributed by atoms with Crippen molar-refractivity contribution in [1.82, 2.24) is 10.3 Å². The van der Waals surface area contributed by atoms with Crippen LogP contribution in [-0.2, 0) is 4.79 Å². The van der Waals surface area contributed by atoms with Gasteiger partial charge in [0.1, 0.15) is 10.8 Å². The van der Waals surface area contributed by atoms with Crippen LogP contribution >= 0.6 is 12.2 Å². The molecule has 0 saturated carbocycles. The van der Waals surface area contributed by atoms with Gasteiger partial charge in [-0.2, -0.15) is 0 Å². The van der Waals surface area contributed by atoms with Crippen LogP contribution in [-0.4, -0.2) is 29.5 Å². The Morgan fingerprint density at radius 2 is 2.25 bits per heavy atom. The summed E-state index contributed by atoms with van der Waals surface area (Å²) >= 11 is 4.88. The minimum atomic E-state index is -0.111. The maximum Gasteiger partial charge on any atom is 0.239 e. The van der Waals surface area contributed by atoms with E-state index in [1.54, 1.807) is 19.2 Å². The number of carbonyl (C=O) groups is 1. The van der Waals surface area contributed by atoms with E-state index in [9.17, 15) is 4.79 Å². The van der Waals surface area contributed by atoms with E-state index in [1.165, 1.54) is 0 Å². The van der Waals surface area contributed by atoms with Crippen molar-refractivity contribution in [3.05, 3.63) is 23.4 Å². The number of rotatable bonds is 4. The molecule has 0 saturated heterocycles. The Balaban J connectivity index is 2.80. The summed E-state index contributed by atoms with van der Waals surface area (Å²) in [6, 6.07) is 3.52. The molecule has 4 N–H and O–H groups in total. The molecule has 0 aliphatic heterocycles. The lowest BCUT2D eigenvalue weighted by atomic mass is 10.2. The molecule has 0 bridgehead atoms. The van der Waals surface area contributed by atoms with E-state index < -0.39 is 0 Å². The van der Waals surface area contributed by atoms with Gasteiger partial charge in [-0.05, 0) is 19.1 Å². The Morgan fingerprint density at radius 1 is 1.56 bits per heavy atom. The van der Waals surface area contributed by atoms with Crippen LogP contribution in [0.15, 0.2) is 12.1 Å². The molecule has 0 unspecified atom stereocenters. The largest absolute Gasteiger partial charge is 0.389 e. The average Bonchev–Trinajstić information content (AvgIpc) is 2.25. The number of amides is 1. The number of thiocarbonyl (C=S) groups is 1. The highest BCUT2D eigenvalue weighted by Gasteiger charge is 2.03. The summed E-state index contributed by atoms with van der Waals surface area (Å²) in [4.78, 5) is 15.6. The minimum Gasteiger partial charge on any atom is -0.389 e. The first-order valence-corrected chi connectivity index (χ1v) is 5.16. The fourth-order valence-electron chi connectivity index (χ4n) is 1.16. The van der Waals surface area contributed by atoms with Gasteiger partial charge in [-0.1, -0.05) is 12.2 Å². The van der Waals surface area contributed by atoms with Gasteiger partial charge in [0, 0.05) is 18.3 Å². The standard InChI is InChI=1S/C10H14N4OS/c1-6-3-7(10(11)16)4-8(14-6)13-5-9(15)12-2/h3-4H,5H2,1-2H3,(H2,11,16)(H,12,15)(H,13,14). The Bertz CT molecular complexity index is 419. The average molecular weight is 238 g/mol. The second kappa shape index (κ2) is 5.41. The van der Waals surface area contributed by atoms with Crippen molar-refractivity contribution in [2.45, 2.75) is 6.92 Å². The Morgan fingerprint density at radius 3 is 2.81 bits per heavy atom. The van der Waals surface area contributed by atoms with E-state index in [0.717, 1.165) is 11.3 Å². The van der Waals surface area contributed by atoms with Crippen LogP contribution in [0.3, 0.4) is 0 Å². The third kappa shape index (κ3) is 3.47. The summed E-state index contributed by atoms with van der Waals surface area (Å²) < 4.78 is 0. The van der Waals surface area contributed by atoms with Crippen molar-refractivity contribution in [3.63, 3.8) is 0 Å². The fourth-order valence-corrected chi connectivity index (χ4v) is 1.28. The Hall–Kier alpha value is -1.69. The Kier molecular flexibility index (Phi) is 4.19. The van der Waals surface area contributed by atoms with Gasteiger partial charge in [0.25, 0.3) is 0 Å². The SMILES string of the molecule is CNC(=O)CNc1cc(C(N)=S)cc(C)n1. The van der Waals surface area contributed by atoms with Crippen molar-refractivity contribution < 1.29 is 4.79 Å². The summed E-state index contributed by atoms with van der Waals surface area (Å²) in [7, 11) is 1.58. The van der Waals surface area contributed by atoms with Crippen LogP contribution in [0.1, 0.15) is 11.3 Å². The van der Waals surface area contributed by atoms with Gasteiger partial charge < -0.3 is 16.4 Å². The number of hydrogen-bond donors (Lipinski definition) is 3. The summed E-state index contributed by atoms with van der Waals surface area (Å²) in [5, 5.41) is 5.40. The molecule has 0 aliphatic carbocycles. The lowest BCUT2D eigenvalue weighted by Gasteiger charge is -2.07. The topological polar surface area (TPSA) is 80.0 Å². The molecule has 0 atom stereocenters. The molecule has 1 heterocycles. The first-order chi connectivity index (χ1) is 7.52. The zero-order chi connectivity index (χ0) is 12.1. The molecular formula is C10H14N4OS. The fraction of sp³-hybridized carbons (Fsp3) is 0.300. The van der Waals surface area contributed by atoms with E-state index in [1.807, 2.05) is 6.92 Å². The summed E-state index contributed by atoms with van der Waals surface area (Å²) in [6.45, 7) is 2.01. The predicted octanol–water partition coefficient (Wildman–Crippen LogP) is 0.182. The second-order valence-electron chi connectivity index (χ2n) is 3.27. The number of nitrogens with one attached hydrogen (secondary N) is 2. The van der Waals surface area contributed by atoms with E-state index in [-0.39, 0.29) is 12.5 Å². The summed E-state index contributed by atoms with van der Waals surface area (Å²) in [6.07, 6.45) is 0. The zero-order valence-electron chi connectivity index (χ0n) is 9.20. The van der Waals surface area contributed by atoms with E-state index in [2.05, 4.69) is 15.6 Å². The molecule has 1 amide bonds. The number of nitrogens with two attached hydrogens (primary N) is 1. The van der Waals surface area contributed by atoms with Crippen molar-refractivity contribution >= 4 is 28.9 Å². The maximum atomic E-state index is 11.0.